The van der Waals surface area contributed by atoms with Gasteiger partial charge in [-0.1, -0.05) is 30.2 Å². The average Bonchev–Trinajstić information content (AvgIpc) is 2.90. The molecule has 1 saturated heterocycles. The number of piperidine rings is 1. The predicted molar refractivity (Wildman–Crippen MR) is 77.4 cm³/mol. The number of aromatic nitrogens is 2. The summed E-state index contributed by atoms with van der Waals surface area (Å²) in [5, 5.41) is 4.36. The van der Waals surface area contributed by atoms with Gasteiger partial charge in [-0.2, -0.15) is 0 Å². The Morgan fingerprint density at radius 2 is 2.11 bits per heavy atom. The van der Waals surface area contributed by atoms with Gasteiger partial charge in [-0.05, 0) is 37.1 Å². The van der Waals surface area contributed by atoms with E-state index in [1.165, 1.54) is 30.5 Å². The Kier molecular flexibility index (Phi) is 3.85. The van der Waals surface area contributed by atoms with Gasteiger partial charge in [0.1, 0.15) is 0 Å². The van der Waals surface area contributed by atoms with Crippen LogP contribution >= 0.6 is 11.6 Å². The molecule has 1 fully saturated rings. The van der Waals surface area contributed by atoms with Crippen molar-refractivity contribution < 1.29 is 0 Å². The maximum Gasteiger partial charge on any atom is 0.0951 e. The summed E-state index contributed by atoms with van der Waals surface area (Å²) in [6.07, 6.45) is 7.68. The second-order valence-corrected chi connectivity index (χ2v) is 5.51. The third-order valence-electron chi connectivity index (χ3n) is 3.68. The van der Waals surface area contributed by atoms with Crippen LogP contribution in [0, 0.1) is 0 Å². The summed E-state index contributed by atoms with van der Waals surface area (Å²) in [5.74, 6) is 0. The first kappa shape index (κ1) is 12.7. The van der Waals surface area contributed by atoms with Crippen LogP contribution in [0.2, 0.25) is 5.02 Å². The topological polar surface area (TPSA) is 29.9 Å². The molecule has 1 aromatic heterocycles. The highest BCUT2D eigenvalue weighted by atomic mass is 35.5. The minimum Gasteiger partial charge on any atom is -0.329 e. The zero-order chi connectivity index (χ0) is 13.1. The van der Waals surface area contributed by atoms with E-state index in [-0.39, 0.29) is 0 Å². The normalized spacial score (nSPS) is 19.5. The van der Waals surface area contributed by atoms with Gasteiger partial charge < -0.3 is 9.88 Å². The summed E-state index contributed by atoms with van der Waals surface area (Å²) in [6, 6.07) is 8.46. The molecule has 0 amide bonds. The fourth-order valence-corrected chi connectivity index (χ4v) is 2.77. The maximum absolute atomic E-state index is 5.92. The Hall–Kier alpha value is -1.32. The fraction of sp³-hybridized carbons (Fsp3) is 0.400. The molecule has 4 heteroatoms. The molecule has 0 aliphatic carbocycles. The minimum absolute atomic E-state index is 0.448. The Morgan fingerprint density at radius 1 is 1.26 bits per heavy atom. The van der Waals surface area contributed by atoms with E-state index in [0.29, 0.717) is 6.04 Å². The number of nitrogens with zero attached hydrogens (tertiary/aromatic N) is 2. The molecule has 1 aliphatic rings. The standard InChI is InChI=1S/C15H18ClN3/c16-13-6-4-12(5-7-13)10-19-11-17-9-15(19)14-3-1-2-8-18-14/h4-7,9,11,14,18H,1-3,8,10H2. The second kappa shape index (κ2) is 5.76. The summed E-state index contributed by atoms with van der Waals surface area (Å²) < 4.78 is 2.23. The first-order chi connectivity index (χ1) is 9.33. The van der Waals surface area contributed by atoms with Crippen molar-refractivity contribution in [2.24, 2.45) is 0 Å². The molecule has 0 bridgehead atoms. The predicted octanol–water partition coefficient (Wildman–Crippen LogP) is 3.40. The second-order valence-electron chi connectivity index (χ2n) is 5.08. The van der Waals surface area contributed by atoms with Crippen molar-refractivity contribution in [1.29, 1.82) is 0 Å². The lowest BCUT2D eigenvalue weighted by atomic mass is 10.0. The number of rotatable bonds is 3. The van der Waals surface area contributed by atoms with Crippen molar-refractivity contribution in [3.63, 3.8) is 0 Å². The highest BCUT2D eigenvalue weighted by Gasteiger charge is 2.18. The lowest BCUT2D eigenvalue weighted by Gasteiger charge is -2.24. The molecule has 1 unspecified atom stereocenters. The largest absolute Gasteiger partial charge is 0.329 e. The summed E-state index contributed by atoms with van der Waals surface area (Å²) in [7, 11) is 0. The van der Waals surface area contributed by atoms with Gasteiger partial charge >= 0.3 is 0 Å². The third kappa shape index (κ3) is 2.99. The van der Waals surface area contributed by atoms with E-state index < -0.39 is 0 Å². The van der Waals surface area contributed by atoms with E-state index in [0.717, 1.165) is 18.1 Å². The summed E-state index contributed by atoms with van der Waals surface area (Å²) in [5.41, 5.74) is 2.54. The van der Waals surface area contributed by atoms with E-state index in [2.05, 4.69) is 27.0 Å². The molecule has 1 aromatic carbocycles. The van der Waals surface area contributed by atoms with Crippen LogP contribution < -0.4 is 5.32 Å². The van der Waals surface area contributed by atoms with E-state index in [1.807, 2.05) is 24.7 Å². The Balaban J connectivity index is 1.77. The van der Waals surface area contributed by atoms with Crippen LogP contribution in [0.5, 0.6) is 0 Å². The monoisotopic (exact) mass is 275 g/mol. The van der Waals surface area contributed by atoms with Crippen molar-refractivity contribution in [2.45, 2.75) is 31.8 Å². The molecular weight excluding hydrogens is 258 g/mol. The van der Waals surface area contributed by atoms with Gasteiger partial charge in [0.15, 0.2) is 0 Å². The molecule has 2 heterocycles. The van der Waals surface area contributed by atoms with E-state index >= 15 is 0 Å². The molecule has 2 aromatic rings. The maximum atomic E-state index is 5.92. The number of hydrogen-bond acceptors (Lipinski definition) is 2. The van der Waals surface area contributed by atoms with Crippen molar-refractivity contribution >= 4 is 11.6 Å². The van der Waals surface area contributed by atoms with Crippen LogP contribution in [0.25, 0.3) is 0 Å². The Bertz CT molecular complexity index is 527. The molecule has 3 nitrogen and oxygen atoms in total. The third-order valence-corrected chi connectivity index (χ3v) is 3.93. The van der Waals surface area contributed by atoms with Gasteiger partial charge in [0, 0.05) is 23.8 Å². The minimum atomic E-state index is 0.448. The number of halogens is 1. The molecule has 1 aliphatic heterocycles. The molecule has 0 saturated carbocycles. The number of imidazole rings is 1. The van der Waals surface area contributed by atoms with E-state index in [9.17, 15) is 0 Å². The summed E-state index contributed by atoms with van der Waals surface area (Å²) in [4.78, 5) is 4.31. The molecule has 1 N–H and O–H groups in total. The number of nitrogens with one attached hydrogen (secondary N) is 1. The molecule has 0 radical (unpaired) electrons. The zero-order valence-electron chi connectivity index (χ0n) is 10.8. The van der Waals surface area contributed by atoms with Crippen molar-refractivity contribution in [3.8, 4) is 0 Å². The quantitative estimate of drug-likeness (QED) is 0.930. The van der Waals surface area contributed by atoms with Gasteiger partial charge in [-0.15, -0.1) is 0 Å². The summed E-state index contributed by atoms with van der Waals surface area (Å²) in [6.45, 7) is 1.96. The van der Waals surface area contributed by atoms with Gasteiger partial charge in [-0.25, -0.2) is 4.98 Å². The molecule has 3 rings (SSSR count). The van der Waals surface area contributed by atoms with Gasteiger partial charge in [0.05, 0.1) is 12.0 Å². The lowest BCUT2D eigenvalue weighted by Crippen LogP contribution is -2.28. The van der Waals surface area contributed by atoms with Crippen LogP contribution in [0.15, 0.2) is 36.8 Å². The number of benzene rings is 1. The number of hydrogen-bond donors (Lipinski definition) is 1. The van der Waals surface area contributed by atoms with Crippen LogP contribution in [0.1, 0.15) is 36.6 Å². The first-order valence-corrected chi connectivity index (χ1v) is 7.18. The zero-order valence-corrected chi connectivity index (χ0v) is 11.6. The molecule has 19 heavy (non-hydrogen) atoms. The lowest BCUT2D eigenvalue weighted by molar-refractivity contribution is 0.396. The van der Waals surface area contributed by atoms with Crippen LogP contribution in [-0.4, -0.2) is 16.1 Å². The van der Waals surface area contributed by atoms with E-state index in [1.54, 1.807) is 0 Å². The SMILES string of the molecule is Clc1ccc(Cn2cncc2C2CCCCN2)cc1. The Morgan fingerprint density at radius 3 is 2.84 bits per heavy atom. The van der Waals surface area contributed by atoms with E-state index in [4.69, 9.17) is 11.6 Å². The molecule has 0 spiro atoms. The van der Waals surface area contributed by atoms with Gasteiger partial charge in [0.25, 0.3) is 0 Å². The van der Waals surface area contributed by atoms with Crippen LogP contribution in [0.4, 0.5) is 0 Å². The molecule has 100 valence electrons. The smallest absolute Gasteiger partial charge is 0.0951 e. The van der Waals surface area contributed by atoms with Crippen LogP contribution in [0.3, 0.4) is 0 Å². The van der Waals surface area contributed by atoms with Crippen molar-refractivity contribution in [2.75, 3.05) is 6.54 Å². The fourth-order valence-electron chi connectivity index (χ4n) is 2.64. The Labute approximate surface area is 118 Å². The summed E-state index contributed by atoms with van der Waals surface area (Å²) >= 11 is 5.92. The van der Waals surface area contributed by atoms with Crippen LogP contribution in [-0.2, 0) is 6.54 Å². The van der Waals surface area contributed by atoms with Gasteiger partial charge in [-0.3, -0.25) is 0 Å². The van der Waals surface area contributed by atoms with Crippen molar-refractivity contribution in [1.82, 2.24) is 14.9 Å². The molecule has 1 atom stereocenters. The highest BCUT2D eigenvalue weighted by molar-refractivity contribution is 6.30. The van der Waals surface area contributed by atoms with Crippen molar-refractivity contribution in [3.05, 3.63) is 53.1 Å². The highest BCUT2D eigenvalue weighted by Crippen LogP contribution is 2.23. The first-order valence-electron chi connectivity index (χ1n) is 6.81. The molecular formula is C15H18ClN3. The average molecular weight is 276 g/mol. The van der Waals surface area contributed by atoms with Gasteiger partial charge in [0.2, 0.25) is 0 Å².